The predicted molar refractivity (Wildman–Crippen MR) is 78.2 cm³/mol. The first kappa shape index (κ1) is 20.0. The van der Waals surface area contributed by atoms with E-state index in [1.54, 1.807) is 30.3 Å². The van der Waals surface area contributed by atoms with Gasteiger partial charge in [0.15, 0.2) is 6.10 Å². The standard InChI is InChI=1S/C15H21NO8/c17-7-10(18)11(19)12(20)13(21)14(22)16-9(15(23)24)6-8-4-2-1-3-5-8/h1-5,9-13,17-21H,6-7H2,(H,16,22)(H,23,24)/p-1. The number of carboxylic acid groups (broad SMARTS) is 1. The van der Waals surface area contributed by atoms with Crippen molar-refractivity contribution < 1.29 is 40.2 Å². The lowest BCUT2D eigenvalue weighted by Gasteiger charge is -2.27. The number of amides is 1. The van der Waals surface area contributed by atoms with Crippen LogP contribution in [0.25, 0.3) is 0 Å². The van der Waals surface area contributed by atoms with E-state index in [9.17, 15) is 35.1 Å². The Morgan fingerprint density at radius 1 is 1.04 bits per heavy atom. The molecule has 9 heteroatoms. The lowest BCUT2D eigenvalue weighted by Crippen LogP contribution is -2.56. The van der Waals surface area contributed by atoms with E-state index >= 15 is 0 Å². The van der Waals surface area contributed by atoms with E-state index in [1.165, 1.54) is 0 Å². The maximum Gasteiger partial charge on any atom is 0.252 e. The number of carbonyl (C=O) groups is 2. The number of benzene rings is 1. The minimum Gasteiger partial charge on any atom is -0.548 e. The molecule has 0 spiro atoms. The van der Waals surface area contributed by atoms with Crippen molar-refractivity contribution in [2.45, 2.75) is 36.9 Å². The molecule has 134 valence electrons. The van der Waals surface area contributed by atoms with Gasteiger partial charge >= 0.3 is 0 Å². The highest BCUT2D eigenvalue weighted by atomic mass is 16.4. The zero-order valence-electron chi connectivity index (χ0n) is 12.6. The number of hydrogen-bond donors (Lipinski definition) is 6. The maximum atomic E-state index is 11.8. The Balaban J connectivity index is 2.72. The van der Waals surface area contributed by atoms with Crippen molar-refractivity contribution >= 4 is 11.9 Å². The van der Waals surface area contributed by atoms with Crippen LogP contribution >= 0.6 is 0 Å². The maximum absolute atomic E-state index is 11.8. The summed E-state index contributed by atoms with van der Waals surface area (Å²) in [6, 6.07) is 6.87. The molecule has 0 heterocycles. The van der Waals surface area contributed by atoms with E-state index in [0.29, 0.717) is 5.56 Å². The summed E-state index contributed by atoms with van der Waals surface area (Å²) in [6.07, 6.45) is -8.21. The molecule has 0 fully saturated rings. The van der Waals surface area contributed by atoms with E-state index in [-0.39, 0.29) is 6.42 Å². The first-order chi connectivity index (χ1) is 11.3. The third kappa shape index (κ3) is 5.55. The molecular weight excluding hydrogens is 322 g/mol. The van der Waals surface area contributed by atoms with Gasteiger partial charge in [0.05, 0.1) is 18.6 Å². The first-order valence-electron chi connectivity index (χ1n) is 7.16. The second kappa shape index (κ2) is 9.30. The van der Waals surface area contributed by atoms with Gasteiger partial charge in [0.25, 0.3) is 5.91 Å². The smallest absolute Gasteiger partial charge is 0.252 e. The highest BCUT2D eigenvalue weighted by Crippen LogP contribution is 2.07. The Kier molecular flexibility index (Phi) is 7.75. The Morgan fingerprint density at radius 2 is 1.62 bits per heavy atom. The predicted octanol–water partition coefficient (Wildman–Crippen LogP) is -4.10. The molecule has 0 aliphatic carbocycles. The van der Waals surface area contributed by atoms with Gasteiger partial charge in [-0.15, -0.1) is 0 Å². The molecule has 0 aliphatic rings. The quantitative estimate of drug-likeness (QED) is 0.263. The van der Waals surface area contributed by atoms with Crippen molar-refractivity contribution in [2.75, 3.05) is 6.61 Å². The number of rotatable bonds is 9. The third-order valence-electron chi connectivity index (χ3n) is 3.41. The number of nitrogens with one attached hydrogen (secondary N) is 1. The molecule has 0 radical (unpaired) electrons. The number of aliphatic hydroxyl groups is 5. The molecule has 24 heavy (non-hydrogen) atoms. The van der Waals surface area contributed by atoms with Crippen LogP contribution in [0.2, 0.25) is 0 Å². The zero-order chi connectivity index (χ0) is 18.3. The van der Waals surface area contributed by atoms with Gasteiger partial charge in [0, 0.05) is 0 Å². The SMILES string of the molecule is O=C([O-])C(Cc1ccccc1)NC(=O)C(O)C(O)C(O)C(O)CO. The number of carboxylic acids is 1. The Labute approximate surface area is 137 Å². The molecule has 5 atom stereocenters. The molecule has 0 aromatic heterocycles. The monoisotopic (exact) mass is 342 g/mol. The summed E-state index contributed by atoms with van der Waals surface area (Å²) >= 11 is 0. The number of aliphatic hydroxyl groups excluding tert-OH is 5. The lowest BCUT2D eigenvalue weighted by atomic mass is 10.0. The van der Waals surface area contributed by atoms with E-state index in [4.69, 9.17) is 5.11 Å². The van der Waals surface area contributed by atoms with Crippen molar-refractivity contribution in [3.8, 4) is 0 Å². The average molecular weight is 342 g/mol. The van der Waals surface area contributed by atoms with Crippen LogP contribution in [0.1, 0.15) is 5.56 Å². The molecule has 1 aromatic carbocycles. The molecule has 0 bridgehead atoms. The molecule has 1 aromatic rings. The second-order valence-electron chi connectivity index (χ2n) is 5.25. The van der Waals surface area contributed by atoms with Crippen molar-refractivity contribution in [1.82, 2.24) is 5.32 Å². The fourth-order valence-corrected chi connectivity index (χ4v) is 1.98. The van der Waals surface area contributed by atoms with Gasteiger partial charge in [-0.1, -0.05) is 30.3 Å². The summed E-state index contributed by atoms with van der Waals surface area (Å²) in [4.78, 5) is 23.0. The van der Waals surface area contributed by atoms with Gasteiger partial charge in [0.1, 0.15) is 18.3 Å². The molecule has 0 aliphatic heterocycles. The van der Waals surface area contributed by atoms with Crippen LogP contribution in [0.3, 0.4) is 0 Å². The van der Waals surface area contributed by atoms with Crippen LogP contribution < -0.4 is 10.4 Å². The fourth-order valence-electron chi connectivity index (χ4n) is 1.98. The number of carbonyl (C=O) groups excluding carboxylic acids is 2. The van der Waals surface area contributed by atoms with Crippen molar-refractivity contribution in [3.05, 3.63) is 35.9 Å². The zero-order valence-corrected chi connectivity index (χ0v) is 12.6. The fraction of sp³-hybridized carbons (Fsp3) is 0.467. The highest BCUT2D eigenvalue weighted by molar-refractivity contribution is 5.86. The van der Waals surface area contributed by atoms with E-state index < -0.39 is 48.9 Å². The van der Waals surface area contributed by atoms with E-state index in [1.807, 2.05) is 5.32 Å². The molecule has 0 saturated heterocycles. The van der Waals surface area contributed by atoms with Gasteiger partial charge in [-0.2, -0.15) is 0 Å². The molecule has 5 unspecified atom stereocenters. The van der Waals surface area contributed by atoms with Gasteiger partial charge in [-0.25, -0.2) is 0 Å². The summed E-state index contributed by atoms with van der Waals surface area (Å²) in [6.45, 7) is -0.901. The van der Waals surface area contributed by atoms with Crippen molar-refractivity contribution in [3.63, 3.8) is 0 Å². The topological polar surface area (TPSA) is 170 Å². The van der Waals surface area contributed by atoms with Crippen LogP contribution in [0, 0.1) is 0 Å². The Bertz CT molecular complexity index is 538. The molecule has 1 rings (SSSR count). The van der Waals surface area contributed by atoms with Gasteiger partial charge in [-0.3, -0.25) is 4.79 Å². The van der Waals surface area contributed by atoms with Crippen LogP contribution in [-0.4, -0.2) is 74.5 Å². The van der Waals surface area contributed by atoms with Crippen LogP contribution in [0.15, 0.2) is 30.3 Å². The lowest BCUT2D eigenvalue weighted by molar-refractivity contribution is -0.308. The molecule has 1 amide bonds. The molecule has 0 saturated carbocycles. The summed E-state index contributed by atoms with van der Waals surface area (Å²) in [7, 11) is 0. The first-order valence-corrected chi connectivity index (χ1v) is 7.16. The molecule has 6 N–H and O–H groups in total. The van der Waals surface area contributed by atoms with Crippen LogP contribution in [-0.2, 0) is 16.0 Å². The normalized spacial score (nSPS) is 17.4. The van der Waals surface area contributed by atoms with Crippen molar-refractivity contribution in [2.24, 2.45) is 0 Å². The second-order valence-corrected chi connectivity index (χ2v) is 5.25. The summed E-state index contributed by atoms with van der Waals surface area (Å²) in [5.74, 6) is -2.86. The van der Waals surface area contributed by atoms with Crippen LogP contribution in [0.4, 0.5) is 0 Å². The minimum absolute atomic E-state index is 0.112. The van der Waals surface area contributed by atoms with Gasteiger partial charge in [0.2, 0.25) is 0 Å². The molecular formula is C15H20NO8-. The van der Waals surface area contributed by atoms with Gasteiger partial charge < -0.3 is 40.8 Å². The van der Waals surface area contributed by atoms with E-state index in [2.05, 4.69) is 0 Å². The number of aliphatic carboxylic acids is 1. The largest absolute Gasteiger partial charge is 0.548 e. The summed E-state index contributed by atoms with van der Waals surface area (Å²) in [5.41, 5.74) is 0.595. The average Bonchev–Trinajstić information content (AvgIpc) is 2.59. The summed E-state index contributed by atoms with van der Waals surface area (Å²) < 4.78 is 0. The highest BCUT2D eigenvalue weighted by Gasteiger charge is 2.34. The molecule has 9 nitrogen and oxygen atoms in total. The Hall–Kier alpha value is -2.04. The van der Waals surface area contributed by atoms with Crippen molar-refractivity contribution in [1.29, 1.82) is 0 Å². The van der Waals surface area contributed by atoms with Gasteiger partial charge in [-0.05, 0) is 12.0 Å². The van der Waals surface area contributed by atoms with Crippen LogP contribution in [0.5, 0.6) is 0 Å². The van der Waals surface area contributed by atoms with E-state index in [0.717, 1.165) is 0 Å². The minimum atomic E-state index is -2.21. The third-order valence-corrected chi connectivity index (χ3v) is 3.41. The Morgan fingerprint density at radius 3 is 2.12 bits per heavy atom. The number of hydrogen-bond acceptors (Lipinski definition) is 8. The summed E-state index contributed by atoms with van der Waals surface area (Å²) in [5, 5.41) is 59.7.